The van der Waals surface area contributed by atoms with Gasteiger partial charge in [-0.3, -0.25) is 4.98 Å². The Hall–Kier alpha value is -0.963. The van der Waals surface area contributed by atoms with Gasteiger partial charge < -0.3 is 13.3 Å². The topological polar surface area (TPSA) is 78.4 Å². The normalized spacial score (nSPS) is 11.9. The highest BCUT2D eigenvalue weighted by atomic mass is 28.4. The largest absolute Gasteiger partial charge is 0.500 e. The van der Waals surface area contributed by atoms with E-state index in [9.17, 15) is 4.79 Å². The smallest absolute Gasteiger partial charge is 0.374 e. The monoisotopic (exact) mass is 289 g/mol. The molecule has 0 amide bonds. The minimum absolute atomic E-state index is 0.198. The molecule has 1 aromatic rings. The lowest BCUT2D eigenvalue weighted by atomic mass is 10.5. The van der Waals surface area contributed by atoms with Crippen LogP contribution in [-0.2, 0) is 19.8 Å². The lowest BCUT2D eigenvalue weighted by Gasteiger charge is -2.28. The highest BCUT2D eigenvalue weighted by molar-refractivity contribution is 6.60. The molecular formula is C11H23N3O4Si. The lowest BCUT2D eigenvalue weighted by molar-refractivity contribution is 0.0704. The molecule has 0 bridgehead atoms. The fourth-order valence-electron chi connectivity index (χ4n) is 1.89. The van der Waals surface area contributed by atoms with Gasteiger partial charge in [0, 0.05) is 32.4 Å². The molecule has 0 aliphatic carbocycles. The number of nitrogens with one attached hydrogen (secondary N) is 1. The van der Waals surface area contributed by atoms with Gasteiger partial charge in [-0.25, -0.2) is 9.48 Å². The number of hydrogen-bond acceptors (Lipinski definition) is 5. The van der Waals surface area contributed by atoms with Gasteiger partial charge in [-0.05, 0) is 27.2 Å². The van der Waals surface area contributed by atoms with E-state index in [4.69, 9.17) is 13.3 Å². The van der Waals surface area contributed by atoms with E-state index in [0.717, 1.165) is 6.42 Å². The van der Waals surface area contributed by atoms with Crippen LogP contribution in [0.4, 0.5) is 0 Å². The van der Waals surface area contributed by atoms with Crippen molar-refractivity contribution in [2.24, 2.45) is 0 Å². The summed E-state index contributed by atoms with van der Waals surface area (Å²) < 4.78 is 18.6. The fourth-order valence-corrected chi connectivity index (χ4v) is 4.48. The Bertz CT molecular complexity index is 390. The van der Waals surface area contributed by atoms with Crippen LogP contribution in [0.3, 0.4) is 0 Å². The lowest BCUT2D eigenvalue weighted by Crippen LogP contribution is -2.46. The third-order valence-corrected chi connectivity index (χ3v) is 5.72. The molecule has 1 N–H and O–H groups in total. The maximum atomic E-state index is 11.3. The van der Waals surface area contributed by atoms with Crippen LogP contribution in [0.1, 0.15) is 27.2 Å². The van der Waals surface area contributed by atoms with Crippen molar-refractivity contribution in [3.63, 3.8) is 0 Å². The molecule has 0 aliphatic heterocycles. The molecule has 0 aliphatic rings. The SMILES string of the molecule is CCO[Si](CCCn1nc[nH]c1=O)(OCC)OCC. The van der Waals surface area contributed by atoms with Gasteiger partial charge >= 0.3 is 14.5 Å². The van der Waals surface area contributed by atoms with E-state index in [2.05, 4.69) is 10.1 Å². The third-order valence-electron chi connectivity index (χ3n) is 2.57. The molecule has 8 heteroatoms. The summed E-state index contributed by atoms with van der Waals surface area (Å²) in [5.74, 6) is 0. The average molecular weight is 289 g/mol. The molecular weight excluding hydrogens is 266 g/mol. The minimum Gasteiger partial charge on any atom is -0.374 e. The summed E-state index contributed by atoms with van der Waals surface area (Å²) in [6.07, 6.45) is 2.12. The van der Waals surface area contributed by atoms with Gasteiger partial charge in [0.05, 0.1) is 0 Å². The van der Waals surface area contributed by atoms with E-state index < -0.39 is 8.80 Å². The molecule has 0 saturated carbocycles. The van der Waals surface area contributed by atoms with Crippen LogP contribution in [-0.4, -0.2) is 43.4 Å². The van der Waals surface area contributed by atoms with E-state index in [-0.39, 0.29) is 5.69 Å². The Morgan fingerprint density at radius 3 is 2.21 bits per heavy atom. The number of hydrogen-bond donors (Lipinski definition) is 1. The third kappa shape index (κ3) is 4.90. The zero-order valence-corrected chi connectivity index (χ0v) is 12.8. The van der Waals surface area contributed by atoms with Gasteiger partial charge in [-0.2, -0.15) is 5.10 Å². The molecule has 0 unspecified atom stereocenters. The van der Waals surface area contributed by atoms with Gasteiger partial charge in [-0.15, -0.1) is 0 Å². The first-order valence-electron chi connectivity index (χ1n) is 6.69. The van der Waals surface area contributed by atoms with E-state index in [1.165, 1.54) is 11.0 Å². The number of rotatable bonds is 10. The van der Waals surface area contributed by atoms with E-state index in [1.54, 1.807) is 0 Å². The van der Waals surface area contributed by atoms with Crippen molar-refractivity contribution in [2.75, 3.05) is 19.8 Å². The second-order valence-electron chi connectivity index (χ2n) is 3.90. The van der Waals surface area contributed by atoms with Crippen molar-refractivity contribution < 1.29 is 13.3 Å². The Kier molecular flexibility index (Phi) is 6.99. The maximum absolute atomic E-state index is 11.3. The quantitative estimate of drug-likeness (QED) is 0.650. The summed E-state index contributed by atoms with van der Waals surface area (Å²) in [5, 5.41) is 3.91. The predicted molar refractivity (Wildman–Crippen MR) is 72.9 cm³/mol. The maximum Gasteiger partial charge on any atom is 0.500 e. The minimum atomic E-state index is -2.60. The number of aryl methyl sites for hydroxylation is 1. The summed E-state index contributed by atoms with van der Waals surface area (Å²) >= 11 is 0. The molecule has 0 saturated heterocycles. The van der Waals surface area contributed by atoms with Gasteiger partial charge in [-0.1, -0.05) is 0 Å². The van der Waals surface area contributed by atoms with Crippen molar-refractivity contribution in [1.29, 1.82) is 0 Å². The summed E-state index contributed by atoms with van der Waals surface area (Å²) in [4.78, 5) is 13.8. The zero-order valence-electron chi connectivity index (χ0n) is 11.8. The highest BCUT2D eigenvalue weighted by Gasteiger charge is 2.39. The van der Waals surface area contributed by atoms with Crippen LogP contribution >= 0.6 is 0 Å². The van der Waals surface area contributed by atoms with Crippen molar-refractivity contribution in [2.45, 2.75) is 39.8 Å². The first-order chi connectivity index (χ1) is 9.17. The highest BCUT2D eigenvalue weighted by Crippen LogP contribution is 2.18. The Morgan fingerprint density at radius 2 is 1.79 bits per heavy atom. The Morgan fingerprint density at radius 1 is 1.21 bits per heavy atom. The van der Waals surface area contributed by atoms with Crippen LogP contribution in [0, 0.1) is 0 Å². The average Bonchev–Trinajstić information content (AvgIpc) is 2.76. The Balaban J connectivity index is 2.56. The summed E-state index contributed by atoms with van der Waals surface area (Å²) in [6.45, 7) is 8.01. The molecule has 0 aromatic carbocycles. The van der Waals surface area contributed by atoms with E-state index in [0.29, 0.717) is 32.4 Å². The molecule has 1 heterocycles. The van der Waals surface area contributed by atoms with Crippen LogP contribution in [0.2, 0.25) is 6.04 Å². The molecule has 1 rings (SSSR count). The fraction of sp³-hybridized carbons (Fsp3) is 0.818. The van der Waals surface area contributed by atoms with E-state index >= 15 is 0 Å². The zero-order chi connectivity index (χ0) is 14.1. The van der Waals surface area contributed by atoms with Crippen molar-refractivity contribution in [3.8, 4) is 0 Å². The number of H-pyrrole nitrogens is 1. The molecule has 19 heavy (non-hydrogen) atoms. The van der Waals surface area contributed by atoms with Crippen LogP contribution < -0.4 is 5.69 Å². The van der Waals surface area contributed by atoms with Crippen molar-refractivity contribution in [3.05, 3.63) is 16.8 Å². The molecule has 0 spiro atoms. The first-order valence-corrected chi connectivity index (χ1v) is 8.63. The molecule has 7 nitrogen and oxygen atoms in total. The van der Waals surface area contributed by atoms with E-state index in [1.807, 2.05) is 20.8 Å². The number of aromatic amines is 1. The Labute approximate surface area is 114 Å². The second kappa shape index (κ2) is 8.26. The first kappa shape index (κ1) is 16.1. The number of nitrogens with zero attached hydrogens (tertiary/aromatic N) is 2. The molecule has 1 aromatic heterocycles. The predicted octanol–water partition coefficient (Wildman–Crippen LogP) is 1.01. The van der Waals surface area contributed by atoms with Crippen molar-refractivity contribution >= 4 is 8.80 Å². The number of aromatic nitrogens is 3. The molecule has 110 valence electrons. The standard InChI is InChI=1S/C11H23N3O4Si/c1-4-16-19(17-5-2,18-6-3)9-7-8-14-11(15)12-10-13-14/h10H,4-9H2,1-3H3,(H,12,13,15). The van der Waals surface area contributed by atoms with Gasteiger partial charge in [0.25, 0.3) is 0 Å². The summed E-state index contributed by atoms with van der Waals surface area (Å²) in [6, 6.07) is 0.682. The summed E-state index contributed by atoms with van der Waals surface area (Å²) in [5.41, 5.74) is -0.198. The summed E-state index contributed by atoms with van der Waals surface area (Å²) in [7, 11) is -2.60. The molecule has 0 radical (unpaired) electrons. The van der Waals surface area contributed by atoms with Crippen LogP contribution in [0.25, 0.3) is 0 Å². The van der Waals surface area contributed by atoms with Gasteiger partial charge in [0.1, 0.15) is 6.33 Å². The van der Waals surface area contributed by atoms with Crippen molar-refractivity contribution in [1.82, 2.24) is 14.8 Å². The van der Waals surface area contributed by atoms with Crippen LogP contribution in [0.5, 0.6) is 0 Å². The molecule has 0 atom stereocenters. The molecule has 0 fully saturated rings. The second-order valence-corrected chi connectivity index (χ2v) is 6.63. The van der Waals surface area contributed by atoms with Gasteiger partial charge in [0.15, 0.2) is 0 Å². The van der Waals surface area contributed by atoms with Gasteiger partial charge in [0.2, 0.25) is 0 Å². The van der Waals surface area contributed by atoms with Crippen LogP contribution in [0.15, 0.2) is 11.1 Å².